The Morgan fingerprint density at radius 2 is 2.27 bits per heavy atom. The fraction of sp³-hybridized carbons (Fsp3) is 0.333. The lowest BCUT2D eigenvalue weighted by molar-refractivity contribution is -0.112. The molecule has 0 aliphatic heterocycles. The Labute approximate surface area is 89.0 Å². The maximum atomic E-state index is 11.5. The van der Waals surface area contributed by atoms with E-state index in [-0.39, 0.29) is 22.3 Å². The molecule has 1 rings (SSSR count). The van der Waals surface area contributed by atoms with Crippen LogP contribution in [0.1, 0.15) is 13.8 Å². The zero-order valence-corrected chi connectivity index (χ0v) is 8.82. The molecule has 1 atom stereocenters. The zero-order chi connectivity index (χ0) is 11.6. The number of aliphatic hydroxyl groups excluding tert-OH is 1. The molecule has 0 heterocycles. The van der Waals surface area contributed by atoms with Crippen molar-refractivity contribution in [1.82, 2.24) is 0 Å². The third kappa shape index (κ3) is 2.42. The number of carbonyl (C=O) groups is 1. The lowest BCUT2D eigenvalue weighted by Crippen LogP contribution is -2.24. The van der Waals surface area contributed by atoms with Gasteiger partial charge >= 0.3 is 0 Å². The van der Waals surface area contributed by atoms with Gasteiger partial charge in [0.15, 0.2) is 5.78 Å². The lowest BCUT2D eigenvalue weighted by Gasteiger charge is -2.23. The molecule has 0 aromatic rings. The van der Waals surface area contributed by atoms with E-state index in [2.05, 4.69) is 6.58 Å². The van der Waals surface area contributed by atoms with Crippen LogP contribution in [0, 0.1) is 16.7 Å². The van der Waals surface area contributed by atoms with Gasteiger partial charge in [-0.3, -0.25) is 4.79 Å². The molecule has 1 aliphatic carbocycles. The summed E-state index contributed by atoms with van der Waals surface area (Å²) in [7, 11) is 0. The molecule has 3 heteroatoms. The van der Waals surface area contributed by atoms with Crippen molar-refractivity contribution < 1.29 is 9.90 Å². The molecule has 0 saturated carbocycles. The fourth-order valence-corrected chi connectivity index (χ4v) is 1.37. The van der Waals surface area contributed by atoms with Crippen LogP contribution < -0.4 is 0 Å². The van der Waals surface area contributed by atoms with Crippen LogP contribution in [0.2, 0.25) is 0 Å². The minimum absolute atomic E-state index is 0.0132. The van der Waals surface area contributed by atoms with Crippen LogP contribution in [0.15, 0.2) is 36.0 Å². The van der Waals surface area contributed by atoms with Crippen LogP contribution in [-0.4, -0.2) is 17.0 Å². The summed E-state index contributed by atoms with van der Waals surface area (Å²) in [6, 6.07) is 1.75. The van der Waals surface area contributed by atoms with Crippen LogP contribution in [0.5, 0.6) is 0 Å². The molecule has 1 N–H and O–H groups in total. The monoisotopic (exact) mass is 203 g/mol. The smallest absolute Gasteiger partial charge is 0.184 e. The summed E-state index contributed by atoms with van der Waals surface area (Å²) in [6.07, 6.45) is 3.67. The highest BCUT2D eigenvalue weighted by Gasteiger charge is 2.26. The van der Waals surface area contributed by atoms with Crippen molar-refractivity contribution in [1.29, 1.82) is 5.26 Å². The van der Waals surface area contributed by atoms with Gasteiger partial charge in [-0.05, 0) is 6.08 Å². The second kappa shape index (κ2) is 3.84. The number of aliphatic hydroxyl groups is 1. The number of nitrogens with zero attached hydrogens (tertiary/aromatic N) is 1. The van der Waals surface area contributed by atoms with Crippen molar-refractivity contribution >= 4 is 5.78 Å². The molecule has 0 amide bonds. The number of rotatable bonds is 2. The second-order valence-corrected chi connectivity index (χ2v) is 4.16. The summed E-state index contributed by atoms with van der Waals surface area (Å²) >= 11 is 0. The SMILES string of the molecule is C=C(C#N)C(O)C1=CC(C)(C)C=CC1=O. The van der Waals surface area contributed by atoms with E-state index >= 15 is 0 Å². The number of hydrogen-bond acceptors (Lipinski definition) is 3. The first kappa shape index (κ1) is 11.4. The standard InChI is InChI=1S/C12H13NO2/c1-8(7-13)11(15)9-6-12(2,3)5-4-10(9)14/h4-6,11,15H,1H2,2-3H3. The molecule has 78 valence electrons. The van der Waals surface area contributed by atoms with Crippen LogP contribution in [0.25, 0.3) is 0 Å². The Balaban J connectivity index is 3.05. The predicted molar refractivity (Wildman–Crippen MR) is 56.8 cm³/mol. The number of carbonyl (C=O) groups excluding carboxylic acids is 1. The summed E-state index contributed by atoms with van der Waals surface area (Å²) < 4.78 is 0. The first-order valence-corrected chi connectivity index (χ1v) is 4.60. The van der Waals surface area contributed by atoms with Gasteiger partial charge in [0, 0.05) is 11.0 Å². The van der Waals surface area contributed by atoms with E-state index in [1.807, 2.05) is 13.8 Å². The van der Waals surface area contributed by atoms with Gasteiger partial charge in [0.1, 0.15) is 6.10 Å². The molecule has 1 unspecified atom stereocenters. The highest BCUT2D eigenvalue weighted by Crippen LogP contribution is 2.28. The summed E-state index contributed by atoms with van der Waals surface area (Å²) in [5.74, 6) is -0.266. The molecule has 0 fully saturated rings. The van der Waals surface area contributed by atoms with Gasteiger partial charge in [-0.25, -0.2) is 0 Å². The third-order valence-electron chi connectivity index (χ3n) is 2.24. The number of allylic oxidation sites excluding steroid dienone is 3. The summed E-state index contributed by atoms with van der Waals surface area (Å²) in [6.45, 7) is 7.23. The molecule has 0 radical (unpaired) electrons. The Morgan fingerprint density at radius 3 is 2.80 bits per heavy atom. The van der Waals surface area contributed by atoms with Gasteiger partial charge < -0.3 is 5.11 Å². The highest BCUT2D eigenvalue weighted by molar-refractivity contribution is 6.06. The predicted octanol–water partition coefficient (Wildman–Crippen LogP) is 1.52. The first-order valence-electron chi connectivity index (χ1n) is 4.60. The van der Waals surface area contributed by atoms with Gasteiger partial charge in [-0.1, -0.05) is 32.6 Å². The van der Waals surface area contributed by atoms with Crippen LogP contribution in [0.3, 0.4) is 0 Å². The zero-order valence-electron chi connectivity index (χ0n) is 8.82. The van der Waals surface area contributed by atoms with E-state index < -0.39 is 6.10 Å². The van der Waals surface area contributed by atoms with Gasteiger partial charge in [0.2, 0.25) is 0 Å². The van der Waals surface area contributed by atoms with Crippen molar-refractivity contribution in [2.75, 3.05) is 0 Å². The molecule has 0 saturated heterocycles. The van der Waals surface area contributed by atoms with E-state index in [1.165, 1.54) is 6.08 Å². The highest BCUT2D eigenvalue weighted by atomic mass is 16.3. The van der Waals surface area contributed by atoms with E-state index in [0.717, 1.165) is 0 Å². The number of hydrogen-bond donors (Lipinski definition) is 1. The van der Waals surface area contributed by atoms with Crippen molar-refractivity contribution in [3.8, 4) is 6.07 Å². The van der Waals surface area contributed by atoms with E-state index in [4.69, 9.17) is 5.26 Å². The molecule has 0 bridgehead atoms. The van der Waals surface area contributed by atoms with Crippen LogP contribution >= 0.6 is 0 Å². The molecule has 0 spiro atoms. The average Bonchev–Trinajstić information content (AvgIpc) is 2.19. The van der Waals surface area contributed by atoms with Crippen LogP contribution in [0.4, 0.5) is 0 Å². The first-order chi connectivity index (χ1) is 6.87. The maximum Gasteiger partial charge on any atom is 0.184 e. The lowest BCUT2D eigenvalue weighted by atomic mass is 9.82. The molecule has 1 aliphatic rings. The van der Waals surface area contributed by atoms with Crippen molar-refractivity contribution in [3.05, 3.63) is 36.0 Å². The average molecular weight is 203 g/mol. The molecule has 15 heavy (non-hydrogen) atoms. The maximum absolute atomic E-state index is 11.5. The van der Waals surface area contributed by atoms with Gasteiger partial charge in [-0.2, -0.15) is 5.26 Å². The minimum Gasteiger partial charge on any atom is -0.383 e. The van der Waals surface area contributed by atoms with Crippen molar-refractivity contribution in [2.24, 2.45) is 5.41 Å². The topological polar surface area (TPSA) is 61.1 Å². The van der Waals surface area contributed by atoms with E-state index in [1.54, 1.807) is 18.2 Å². The second-order valence-electron chi connectivity index (χ2n) is 4.16. The fourth-order valence-electron chi connectivity index (χ4n) is 1.37. The quantitative estimate of drug-likeness (QED) is 0.692. The van der Waals surface area contributed by atoms with Gasteiger partial charge in [-0.15, -0.1) is 0 Å². The third-order valence-corrected chi connectivity index (χ3v) is 2.24. The largest absolute Gasteiger partial charge is 0.383 e. The van der Waals surface area contributed by atoms with Crippen LogP contribution in [-0.2, 0) is 4.79 Å². The summed E-state index contributed by atoms with van der Waals surface area (Å²) in [5, 5.41) is 18.3. The Morgan fingerprint density at radius 1 is 1.67 bits per heavy atom. The Bertz CT molecular complexity index is 408. The normalized spacial score (nSPS) is 20.4. The molecule has 0 aromatic carbocycles. The van der Waals surface area contributed by atoms with Gasteiger partial charge in [0.25, 0.3) is 0 Å². The molecule has 0 aromatic heterocycles. The number of ketones is 1. The molecule has 3 nitrogen and oxygen atoms in total. The van der Waals surface area contributed by atoms with Crippen molar-refractivity contribution in [3.63, 3.8) is 0 Å². The van der Waals surface area contributed by atoms with E-state index in [9.17, 15) is 9.90 Å². The number of nitriles is 1. The Kier molecular flexibility index (Phi) is 2.92. The van der Waals surface area contributed by atoms with E-state index in [0.29, 0.717) is 0 Å². The Hall–Kier alpha value is -1.66. The summed E-state index contributed by atoms with van der Waals surface area (Å²) in [4.78, 5) is 11.5. The van der Waals surface area contributed by atoms with Gasteiger partial charge in [0.05, 0.1) is 11.6 Å². The molecular formula is C12H13NO2. The minimum atomic E-state index is -1.19. The van der Waals surface area contributed by atoms with Crippen molar-refractivity contribution in [2.45, 2.75) is 20.0 Å². The molecular weight excluding hydrogens is 190 g/mol. The summed E-state index contributed by atoms with van der Waals surface area (Å²) in [5.41, 5.74) is -0.0605.